The summed E-state index contributed by atoms with van der Waals surface area (Å²) < 4.78 is 5.65. The lowest BCUT2D eigenvalue weighted by Gasteiger charge is -2.29. The van der Waals surface area contributed by atoms with Gasteiger partial charge >= 0.3 is 0 Å². The molecule has 2 amide bonds. The Balaban J connectivity index is 2.14. The number of nitrogens with one attached hydrogen (secondary N) is 1. The smallest absolute Gasteiger partial charge is 0.261 e. The zero-order chi connectivity index (χ0) is 21.4. The van der Waals surface area contributed by atoms with Gasteiger partial charge in [-0.1, -0.05) is 48.4 Å². The lowest BCUT2D eigenvalue weighted by molar-refractivity contribution is -0.142. The fourth-order valence-corrected chi connectivity index (χ4v) is 2.96. The monoisotopic (exact) mass is 416 g/mol. The molecule has 29 heavy (non-hydrogen) atoms. The van der Waals surface area contributed by atoms with Gasteiger partial charge in [-0.05, 0) is 57.0 Å². The molecule has 5 nitrogen and oxygen atoms in total. The largest absolute Gasteiger partial charge is 0.484 e. The van der Waals surface area contributed by atoms with Crippen molar-refractivity contribution < 1.29 is 14.3 Å². The zero-order valence-electron chi connectivity index (χ0n) is 17.4. The van der Waals surface area contributed by atoms with Crippen LogP contribution < -0.4 is 10.1 Å². The molecule has 2 rings (SSSR count). The molecule has 0 saturated carbocycles. The number of halogens is 1. The zero-order valence-corrected chi connectivity index (χ0v) is 18.2. The molecular formula is C23H29ClN2O3. The van der Waals surface area contributed by atoms with E-state index in [-0.39, 0.29) is 31.0 Å². The van der Waals surface area contributed by atoms with Gasteiger partial charge in [0.25, 0.3) is 5.91 Å². The minimum Gasteiger partial charge on any atom is -0.484 e. The minimum atomic E-state index is -0.642. The summed E-state index contributed by atoms with van der Waals surface area (Å²) in [6.45, 7) is 7.77. The van der Waals surface area contributed by atoms with Crippen molar-refractivity contribution in [3.8, 4) is 5.75 Å². The number of carbonyl (C=O) groups is 2. The summed E-state index contributed by atoms with van der Waals surface area (Å²) in [7, 11) is 0. The van der Waals surface area contributed by atoms with Crippen molar-refractivity contribution in [2.24, 2.45) is 0 Å². The Labute approximate surface area is 178 Å². The van der Waals surface area contributed by atoms with Crippen LogP contribution in [-0.2, 0) is 16.1 Å². The lowest BCUT2D eigenvalue weighted by Crippen LogP contribution is -2.50. The number of ether oxygens (including phenoxy) is 1. The molecule has 6 heteroatoms. The van der Waals surface area contributed by atoms with E-state index in [9.17, 15) is 9.59 Å². The SMILES string of the molecule is CC[C@@H](C)NC(=O)[C@@H](C)N(Cc1cccc(Cl)c1)C(=O)COc1ccc(C)cc1. The van der Waals surface area contributed by atoms with Crippen LogP contribution in [0.25, 0.3) is 0 Å². The maximum atomic E-state index is 13.0. The first kappa shape index (κ1) is 22.8. The Morgan fingerprint density at radius 2 is 1.83 bits per heavy atom. The number of carbonyl (C=O) groups excluding carboxylic acids is 2. The Morgan fingerprint density at radius 1 is 1.14 bits per heavy atom. The van der Waals surface area contributed by atoms with E-state index in [1.807, 2.05) is 57.2 Å². The van der Waals surface area contributed by atoms with Crippen LogP contribution in [0.1, 0.15) is 38.3 Å². The molecule has 0 bridgehead atoms. The van der Waals surface area contributed by atoms with E-state index < -0.39 is 6.04 Å². The van der Waals surface area contributed by atoms with E-state index in [0.717, 1.165) is 17.5 Å². The Bertz CT molecular complexity index is 823. The van der Waals surface area contributed by atoms with E-state index in [2.05, 4.69) is 5.32 Å². The third-order valence-corrected chi connectivity index (χ3v) is 5.03. The fraction of sp³-hybridized carbons (Fsp3) is 0.391. The van der Waals surface area contributed by atoms with E-state index in [1.54, 1.807) is 19.1 Å². The molecule has 0 saturated heterocycles. The average Bonchev–Trinajstić information content (AvgIpc) is 2.70. The van der Waals surface area contributed by atoms with Crippen LogP contribution in [0.3, 0.4) is 0 Å². The van der Waals surface area contributed by atoms with Crippen molar-refractivity contribution in [2.45, 2.75) is 52.7 Å². The number of nitrogens with zero attached hydrogens (tertiary/aromatic N) is 1. The van der Waals surface area contributed by atoms with Crippen molar-refractivity contribution >= 4 is 23.4 Å². The summed E-state index contributed by atoms with van der Waals surface area (Å²) in [6, 6.07) is 14.2. The van der Waals surface area contributed by atoms with E-state index in [4.69, 9.17) is 16.3 Å². The molecule has 2 atom stereocenters. The summed E-state index contributed by atoms with van der Waals surface area (Å²) in [5.74, 6) is 0.158. The highest BCUT2D eigenvalue weighted by molar-refractivity contribution is 6.30. The number of hydrogen-bond acceptors (Lipinski definition) is 3. The molecule has 0 heterocycles. The molecule has 0 aliphatic carbocycles. The van der Waals surface area contributed by atoms with Crippen LogP contribution in [-0.4, -0.2) is 35.4 Å². The van der Waals surface area contributed by atoms with Gasteiger partial charge < -0.3 is 15.0 Å². The summed E-state index contributed by atoms with van der Waals surface area (Å²) in [4.78, 5) is 27.1. The van der Waals surface area contributed by atoms with E-state index >= 15 is 0 Å². The van der Waals surface area contributed by atoms with Crippen LogP contribution in [0.5, 0.6) is 5.75 Å². The maximum absolute atomic E-state index is 13.0. The van der Waals surface area contributed by atoms with Gasteiger partial charge in [0.05, 0.1) is 0 Å². The molecule has 2 aromatic carbocycles. The third kappa shape index (κ3) is 7.09. The van der Waals surface area contributed by atoms with Gasteiger partial charge in [0, 0.05) is 17.6 Å². The van der Waals surface area contributed by atoms with Gasteiger partial charge in [-0.25, -0.2) is 0 Å². The second-order valence-corrected chi connectivity index (χ2v) is 7.68. The predicted molar refractivity (Wildman–Crippen MR) is 116 cm³/mol. The normalized spacial score (nSPS) is 12.7. The van der Waals surface area contributed by atoms with Crippen LogP contribution in [0, 0.1) is 6.92 Å². The van der Waals surface area contributed by atoms with Crippen LogP contribution >= 0.6 is 11.6 Å². The second-order valence-electron chi connectivity index (χ2n) is 7.25. The average molecular weight is 417 g/mol. The van der Waals surface area contributed by atoms with Crippen molar-refractivity contribution in [1.82, 2.24) is 10.2 Å². The van der Waals surface area contributed by atoms with E-state index in [1.165, 1.54) is 4.90 Å². The molecule has 0 radical (unpaired) electrons. The van der Waals surface area contributed by atoms with Crippen LogP contribution in [0.15, 0.2) is 48.5 Å². The molecule has 0 unspecified atom stereocenters. The highest BCUT2D eigenvalue weighted by Crippen LogP contribution is 2.16. The summed E-state index contributed by atoms with van der Waals surface area (Å²) >= 11 is 6.08. The fourth-order valence-electron chi connectivity index (χ4n) is 2.74. The Morgan fingerprint density at radius 3 is 2.45 bits per heavy atom. The molecule has 1 N–H and O–H groups in total. The highest BCUT2D eigenvalue weighted by Gasteiger charge is 2.27. The quantitative estimate of drug-likeness (QED) is 0.660. The first-order valence-electron chi connectivity index (χ1n) is 9.84. The molecule has 0 aliphatic rings. The predicted octanol–water partition coefficient (Wildman–Crippen LogP) is 4.36. The molecule has 156 valence electrons. The number of benzene rings is 2. The molecule has 0 spiro atoms. The second kappa shape index (κ2) is 10.9. The lowest BCUT2D eigenvalue weighted by atomic mass is 10.1. The van der Waals surface area contributed by atoms with Crippen LogP contribution in [0.4, 0.5) is 0 Å². The van der Waals surface area contributed by atoms with Crippen molar-refractivity contribution in [3.63, 3.8) is 0 Å². The molecule has 0 fully saturated rings. The number of rotatable bonds is 9. The topological polar surface area (TPSA) is 58.6 Å². The van der Waals surface area contributed by atoms with Gasteiger partial charge in [0.1, 0.15) is 11.8 Å². The molecule has 0 aromatic heterocycles. The number of aryl methyl sites for hydroxylation is 1. The van der Waals surface area contributed by atoms with Gasteiger partial charge in [0.2, 0.25) is 5.91 Å². The van der Waals surface area contributed by atoms with Gasteiger partial charge in [-0.15, -0.1) is 0 Å². The molecule has 2 aromatic rings. The highest BCUT2D eigenvalue weighted by atomic mass is 35.5. The summed E-state index contributed by atoms with van der Waals surface area (Å²) in [5, 5.41) is 3.53. The minimum absolute atomic E-state index is 0.0388. The summed E-state index contributed by atoms with van der Waals surface area (Å²) in [5.41, 5.74) is 1.96. The first-order chi connectivity index (χ1) is 13.8. The van der Waals surface area contributed by atoms with Crippen molar-refractivity contribution in [1.29, 1.82) is 0 Å². The molecular weight excluding hydrogens is 388 g/mol. The van der Waals surface area contributed by atoms with Gasteiger partial charge in [-0.2, -0.15) is 0 Å². The summed E-state index contributed by atoms with van der Waals surface area (Å²) in [6.07, 6.45) is 0.817. The van der Waals surface area contributed by atoms with E-state index in [0.29, 0.717) is 10.8 Å². The third-order valence-electron chi connectivity index (χ3n) is 4.79. The Kier molecular flexibility index (Phi) is 8.52. The first-order valence-corrected chi connectivity index (χ1v) is 10.2. The van der Waals surface area contributed by atoms with Crippen molar-refractivity contribution in [3.05, 3.63) is 64.7 Å². The van der Waals surface area contributed by atoms with Crippen LogP contribution in [0.2, 0.25) is 5.02 Å². The Hall–Kier alpha value is -2.53. The number of amides is 2. The molecule has 0 aliphatic heterocycles. The standard InChI is InChI=1S/C23H29ClN2O3/c1-5-17(3)25-23(28)18(4)26(14-19-7-6-8-20(24)13-19)22(27)15-29-21-11-9-16(2)10-12-21/h6-13,17-18H,5,14-15H2,1-4H3,(H,25,28)/t17-,18-/m1/s1. The maximum Gasteiger partial charge on any atom is 0.261 e. The van der Waals surface area contributed by atoms with Gasteiger partial charge in [-0.3, -0.25) is 9.59 Å². The van der Waals surface area contributed by atoms with Crippen molar-refractivity contribution in [2.75, 3.05) is 6.61 Å². The van der Waals surface area contributed by atoms with Gasteiger partial charge in [0.15, 0.2) is 6.61 Å². The number of hydrogen-bond donors (Lipinski definition) is 1.